The van der Waals surface area contributed by atoms with E-state index in [-0.39, 0.29) is 11.2 Å². The monoisotopic (exact) mass is 221 g/mol. The summed E-state index contributed by atoms with van der Waals surface area (Å²) in [5.41, 5.74) is 2.15. The zero-order valence-corrected chi connectivity index (χ0v) is 10.3. The summed E-state index contributed by atoms with van der Waals surface area (Å²) in [6, 6.07) is 4.95. The highest BCUT2D eigenvalue weighted by molar-refractivity contribution is 5.28. The molecule has 0 amide bonds. The van der Waals surface area contributed by atoms with Crippen LogP contribution in [0.25, 0.3) is 0 Å². The van der Waals surface area contributed by atoms with Gasteiger partial charge >= 0.3 is 0 Å². The van der Waals surface area contributed by atoms with Crippen LogP contribution in [0.2, 0.25) is 0 Å². The Balaban J connectivity index is 2.93. The number of rotatable bonds is 5. The van der Waals surface area contributed by atoms with Crippen LogP contribution in [0.3, 0.4) is 0 Å². The molecule has 0 aliphatic carbocycles. The van der Waals surface area contributed by atoms with E-state index in [1.54, 1.807) is 6.07 Å². The number of halogens is 1. The van der Waals surface area contributed by atoms with Gasteiger partial charge in [0.1, 0.15) is 5.82 Å². The van der Waals surface area contributed by atoms with Gasteiger partial charge in [-0.25, -0.2) is 4.39 Å². The van der Waals surface area contributed by atoms with Crippen molar-refractivity contribution in [1.82, 2.24) is 5.32 Å². The van der Waals surface area contributed by atoms with E-state index in [0.717, 1.165) is 24.1 Å². The molecule has 1 N–H and O–H groups in total. The normalized spacial score (nSPS) is 14.5. The maximum atomic E-state index is 13.2. The Morgan fingerprint density at radius 2 is 2.19 bits per heavy atom. The second-order valence-corrected chi connectivity index (χ2v) is 4.64. The van der Waals surface area contributed by atoms with Gasteiger partial charge in [-0.05, 0) is 43.7 Å². The third-order valence-corrected chi connectivity index (χ3v) is 2.98. The molecule has 0 heterocycles. The molecule has 0 aliphatic heterocycles. The molecule has 0 spiro atoms. The summed E-state index contributed by atoms with van der Waals surface area (Å²) in [5, 5.41) is 3.15. The van der Waals surface area contributed by atoms with Crippen molar-refractivity contribution in [3.63, 3.8) is 0 Å². The van der Waals surface area contributed by atoms with Crippen molar-refractivity contribution in [2.24, 2.45) is 5.41 Å². The lowest BCUT2D eigenvalue weighted by atomic mass is 9.82. The van der Waals surface area contributed by atoms with Gasteiger partial charge in [0, 0.05) is 12.0 Å². The van der Waals surface area contributed by atoms with Crippen molar-refractivity contribution in [3.8, 4) is 0 Å². The van der Waals surface area contributed by atoms with Gasteiger partial charge in [-0.2, -0.15) is 0 Å². The average molecular weight is 221 g/mol. The highest BCUT2D eigenvalue weighted by Gasteiger charge is 2.20. The topological polar surface area (TPSA) is 12.0 Å². The summed E-state index contributed by atoms with van der Waals surface area (Å²) in [5.74, 6) is -0.170. The second kappa shape index (κ2) is 5.26. The predicted octanol–water partition coefficient (Wildman–Crippen LogP) is 3.09. The molecular formula is C14H20FN. The summed E-state index contributed by atoms with van der Waals surface area (Å²) in [4.78, 5) is 0. The molecule has 16 heavy (non-hydrogen) atoms. The fourth-order valence-corrected chi connectivity index (χ4v) is 1.88. The molecule has 1 atom stereocenters. The SMILES string of the molecule is C=CC(C)(CNC)Cc1cc(F)ccc1C. The summed E-state index contributed by atoms with van der Waals surface area (Å²) in [6.45, 7) is 8.84. The highest BCUT2D eigenvalue weighted by atomic mass is 19.1. The van der Waals surface area contributed by atoms with Crippen LogP contribution in [0.1, 0.15) is 18.1 Å². The van der Waals surface area contributed by atoms with Crippen LogP contribution in [0, 0.1) is 18.2 Å². The van der Waals surface area contributed by atoms with Crippen LogP contribution in [-0.2, 0) is 6.42 Å². The van der Waals surface area contributed by atoms with Crippen molar-refractivity contribution >= 4 is 0 Å². The lowest BCUT2D eigenvalue weighted by Crippen LogP contribution is -2.30. The fraction of sp³-hybridized carbons (Fsp3) is 0.429. The van der Waals surface area contributed by atoms with Crippen molar-refractivity contribution < 1.29 is 4.39 Å². The summed E-state index contributed by atoms with van der Waals surface area (Å²) in [7, 11) is 1.92. The maximum absolute atomic E-state index is 13.2. The summed E-state index contributed by atoms with van der Waals surface area (Å²) in [6.07, 6.45) is 2.74. The quantitative estimate of drug-likeness (QED) is 0.753. The van der Waals surface area contributed by atoms with Crippen LogP contribution >= 0.6 is 0 Å². The molecule has 2 heteroatoms. The van der Waals surface area contributed by atoms with Gasteiger partial charge in [-0.1, -0.05) is 19.1 Å². The molecular weight excluding hydrogens is 201 g/mol. The van der Waals surface area contributed by atoms with Gasteiger partial charge < -0.3 is 5.32 Å². The van der Waals surface area contributed by atoms with Crippen LogP contribution < -0.4 is 5.32 Å². The van der Waals surface area contributed by atoms with E-state index in [4.69, 9.17) is 0 Å². The minimum atomic E-state index is -0.170. The summed E-state index contributed by atoms with van der Waals surface area (Å²) < 4.78 is 13.2. The van der Waals surface area contributed by atoms with Crippen molar-refractivity contribution in [2.45, 2.75) is 20.3 Å². The summed E-state index contributed by atoms with van der Waals surface area (Å²) >= 11 is 0. The molecule has 1 nitrogen and oxygen atoms in total. The van der Waals surface area contributed by atoms with Crippen LogP contribution in [0.15, 0.2) is 30.9 Å². The van der Waals surface area contributed by atoms with Crippen LogP contribution in [0.5, 0.6) is 0 Å². The molecule has 0 aliphatic rings. The van der Waals surface area contributed by atoms with Gasteiger partial charge in [0.15, 0.2) is 0 Å². The molecule has 1 rings (SSSR count). The van der Waals surface area contributed by atoms with E-state index in [0.29, 0.717) is 0 Å². The molecule has 1 aromatic rings. The predicted molar refractivity (Wildman–Crippen MR) is 67.1 cm³/mol. The van der Waals surface area contributed by atoms with Gasteiger partial charge in [-0.15, -0.1) is 6.58 Å². The molecule has 0 aromatic heterocycles. The van der Waals surface area contributed by atoms with E-state index in [1.807, 2.05) is 26.1 Å². The van der Waals surface area contributed by atoms with Gasteiger partial charge in [0.05, 0.1) is 0 Å². The third-order valence-electron chi connectivity index (χ3n) is 2.98. The minimum absolute atomic E-state index is 0.0344. The highest BCUT2D eigenvalue weighted by Crippen LogP contribution is 2.25. The second-order valence-electron chi connectivity index (χ2n) is 4.64. The van der Waals surface area contributed by atoms with Crippen molar-refractivity contribution in [2.75, 3.05) is 13.6 Å². The van der Waals surface area contributed by atoms with Crippen LogP contribution in [-0.4, -0.2) is 13.6 Å². The van der Waals surface area contributed by atoms with Gasteiger partial charge in [0.25, 0.3) is 0 Å². The standard InChI is InChI=1S/C14H20FN/c1-5-14(3,10-16-4)9-12-8-13(15)7-6-11(12)2/h5-8,16H,1,9-10H2,2-4H3. The zero-order valence-electron chi connectivity index (χ0n) is 10.3. The lowest BCUT2D eigenvalue weighted by molar-refractivity contribution is 0.405. The van der Waals surface area contributed by atoms with E-state index in [2.05, 4.69) is 18.8 Å². The smallest absolute Gasteiger partial charge is 0.123 e. The molecule has 0 bridgehead atoms. The maximum Gasteiger partial charge on any atom is 0.123 e. The van der Waals surface area contributed by atoms with E-state index in [9.17, 15) is 4.39 Å². The molecule has 0 saturated carbocycles. The largest absolute Gasteiger partial charge is 0.319 e. The molecule has 0 saturated heterocycles. The Morgan fingerprint density at radius 3 is 2.75 bits per heavy atom. The first-order valence-corrected chi connectivity index (χ1v) is 5.54. The van der Waals surface area contributed by atoms with Crippen molar-refractivity contribution in [1.29, 1.82) is 0 Å². The van der Waals surface area contributed by atoms with Crippen molar-refractivity contribution in [3.05, 3.63) is 47.8 Å². The Bertz CT molecular complexity index is 373. The number of nitrogens with one attached hydrogen (secondary N) is 1. The average Bonchev–Trinajstić information content (AvgIpc) is 2.24. The number of benzene rings is 1. The first-order chi connectivity index (χ1) is 7.50. The molecule has 88 valence electrons. The Morgan fingerprint density at radius 1 is 1.50 bits per heavy atom. The van der Waals surface area contributed by atoms with Gasteiger partial charge in [0.2, 0.25) is 0 Å². The minimum Gasteiger partial charge on any atom is -0.319 e. The third kappa shape index (κ3) is 3.17. The first-order valence-electron chi connectivity index (χ1n) is 5.54. The fourth-order valence-electron chi connectivity index (χ4n) is 1.88. The van der Waals surface area contributed by atoms with E-state index in [1.165, 1.54) is 6.07 Å². The number of hydrogen-bond acceptors (Lipinski definition) is 1. The number of hydrogen-bond donors (Lipinski definition) is 1. The van der Waals surface area contributed by atoms with E-state index >= 15 is 0 Å². The Labute approximate surface area is 97.4 Å². The van der Waals surface area contributed by atoms with Crippen LogP contribution in [0.4, 0.5) is 4.39 Å². The molecule has 0 radical (unpaired) electrons. The first kappa shape index (κ1) is 12.9. The Kier molecular flexibility index (Phi) is 4.25. The molecule has 0 fully saturated rings. The zero-order chi connectivity index (χ0) is 12.2. The number of aryl methyl sites for hydroxylation is 1. The van der Waals surface area contributed by atoms with Gasteiger partial charge in [-0.3, -0.25) is 0 Å². The lowest BCUT2D eigenvalue weighted by Gasteiger charge is -2.26. The van der Waals surface area contributed by atoms with E-state index < -0.39 is 0 Å². The Hall–Kier alpha value is -1.15. The molecule has 1 aromatic carbocycles. The molecule has 1 unspecified atom stereocenters.